The van der Waals surface area contributed by atoms with E-state index in [1.165, 1.54) is 0 Å². The predicted octanol–water partition coefficient (Wildman–Crippen LogP) is 3.14. The molecule has 1 amide bonds. The molecule has 1 saturated heterocycles. The van der Waals surface area contributed by atoms with Crippen LogP contribution in [0.25, 0.3) is 0 Å². The zero-order chi connectivity index (χ0) is 13.2. The lowest BCUT2D eigenvalue weighted by Crippen LogP contribution is -2.33. The van der Waals surface area contributed by atoms with E-state index in [1.807, 2.05) is 18.2 Å². The fraction of sp³-hybridized carbons (Fsp3) is 0.500. The molecule has 18 heavy (non-hydrogen) atoms. The van der Waals surface area contributed by atoms with Crippen LogP contribution in [0.15, 0.2) is 28.7 Å². The van der Waals surface area contributed by atoms with Gasteiger partial charge in [-0.3, -0.25) is 4.79 Å². The highest BCUT2D eigenvalue weighted by atomic mass is 79.9. The van der Waals surface area contributed by atoms with Crippen molar-refractivity contribution in [3.63, 3.8) is 0 Å². The molecule has 1 aromatic carbocycles. The summed E-state index contributed by atoms with van der Waals surface area (Å²) in [6.45, 7) is 4.75. The number of rotatable bonds is 3. The summed E-state index contributed by atoms with van der Waals surface area (Å²) >= 11 is 3.36. The van der Waals surface area contributed by atoms with Gasteiger partial charge >= 0.3 is 0 Å². The molecule has 1 heterocycles. The summed E-state index contributed by atoms with van der Waals surface area (Å²) in [7, 11) is 0. The first kappa shape index (κ1) is 13.6. The Morgan fingerprint density at radius 3 is 2.94 bits per heavy atom. The van der Waals surface area contributed by atoms with Crippen molar-refractivity contribution in [3.05, 3.63) is 34.3 Å². The highest BCUT2D eigenvalue weighted by Gasteiger charge is 2.31. The predicted molar refractivity (Wildman–Crippen MR) is 74.7 cm³/mol. The van der Waals surface area contributed by atoms with Crippen LogP contribution in [0, 0.1) is 0 Å². The summed E-state index contributed by atoms with van der Waals surface area (Å²) in [5, 5.41) is 2.92. The smallest absolute Gasteiger partial charge is 0.251 e. The molecule has 0 spiro atoms. The van der Waals surface area contributed by atoms with Crippen LogP contribution in [0.4, 0.5) is 0 Å². The molecular weight excluding hydrogens is 294 g/mol. The highest BCUT2D eigenvalue weighted by Crippen LogP contribution is 2.28. The zero-order valence-electron chi connectivity index (χ0n) is 10.7. The van der Waals surface area contributed by atoms with Crippen LogP contribution in [0.5, 0.6) is 0 Å². The molecule has 1 aromatic rings. The fourth-order valence-corrected chi connectivity index (χ4v) is 2.56. The van der Waals surface area contributed by atoms with Crippen molar-refractivity contribution in [1.29, 1.82) is 0 Å². The molecule has 1 atom stereocenters. The number of hydrogen-bond acceptors (Lipinski definition) is 2. The molecule has 1 fully saturated rings. The number of carbonyl (C=O) groups is 1. The van der Waals surface area contributed by atoms with Crippen LogP contribution in [0.2, 0.25) is 0 Å². The largest absolute Gasteiger partial charge is 0.371 e. The quantitative estimate of drug-likeness (QED) is 0.931. The van der Waals surface area contributed by atoms with E-state index >= 15 is 0 Å². The molecule has 2 rings (SSSR count). The first-order valence-electron chi connectivity index (χ1n) is 6.18. The Kier molecular flexibility index (Phi) is 4.07. The maximum atomic E-state index is 11.9. The number of carbonyl (C=O) groups excluding carboxylic acids is 1. The third kappa shape index (κ3) is 3.56. The lowest BCUT2D eigenvalue weighted by Gasteiger charge is -2.19. The van der Waals surface area contributed by atoms with Gasteiger partial charge in [0, 0.05) is 16.6 Å². The van der Waals surface area contributed by atoms with Crippen molar-refractivity contribution in [3.8, 4) is 0 Å². The molecule has 98 valence electrons. The van der Waals surface area contributed by atoms with E-state index in [4.69, 9.17) is 4.74 Å². The Morgan fingerprint density at radius 1 is 1.56 bits per heavy atom. The van der Waals surface area contributed by atoms with Gasteiger partial charge < -0.3 is 10.1 Å². The minimum absolute atomic E-state index is 0.0504. The average molecular weight is 312 g/mol. The van der Waals surface area contributed by atoms with Crippen molar-refractivity contribution < 1.29 is 9.53 Å². The Labute approximate surface area is 116 Å². The normalized spacial score (nSPS) is 21.8. The Bertz CT molecular complexity index is 445. The number of amides is 1. The van der Waals surface area contributed by atoms with Gasteiger partial charge in [-0.1, -0.05) is 22.0 Å². The van der Waals surface area contributed by atoms with Crippen LogP contribution in [0.1, 0.15) is 37.0 Å². The fourth-order valence-electron chi connectivity index (χ4n) is 2.16. The maximum absolute atomic E-state index is 11.9. The lowest BCUT2D eigenvalue weighted by atomic mass is 10.1. The number of nitrogens with one attached hydrogen (secondary N) is 1. The maximum Gasteiger partial charge on any atom is 0.251 e. The summed E-state index contributed by atoms with van der Waals surface area (Å²) in [5.41, 5.74) is 0.618. The number of hydrogen-bond donors (Lipinski definition) is 1. The second-order valence-electron chi connectivity index (χ2n) is 5.26. The second kappa shape index (κ2) is 5.41. The van der Waals surface area contributed by atoms with Crippen molar-refractivity contribution >= 4 is 21.8 Å². The van der Waals surface area contributed by atoms with E-state index in [1.54, 1.807) is 6.07 Å². The molecule has 0 saturated carbocycles. The van der Waals surface area contributed by atoms with E-state index in [0.717, 1.165) is 17.3 Å². The van der Waals surface area contributed by atoms with E-state index < -0.39 is 0 Å². The van der Waals surface area contributed by atoms with Crippen molar-refractivity contribution in [2.45, 2.75) is 38.4 Å². The van der Waals surface area contributed by atoms with Gasteiger partial charge in [0.1, 0.15) is 0 Å². The number of benzene rings is 1. The SMILES string of the molecule is CC1(C)CC[C@H](CNC(=O)c2cccc(Br)c2)O1. The molecule has 1 aliphatic rings. The van der Waals surface area contributed by atoms with Gasteiger partial charge in [0.15, 0.2) is 0 Å². The lowest BCUT2D eigenvalue weighted by molar-refractivity contribution is -0.0138. The summed E-state index contributed by atoms with van der Waals surface area (Å²) in [5.74, 6) is -0.0513. The third-order valence-corrected chi connectivity index (χ3v) is 3.62. The first-order chi connectivity index (χ1) is 8.46. The van der Waals surface area contributed by atoms with E-state index in [0.29, 0.717) is 12.1 Å². The molecule has 0 unspecified atom stereocenters. The molecule has 0 radical (unpaired) electrons. The van der Waals surface area contributed by atoms with Gasteiger partial charge in [-0.2, -0.15) is 0 Å². The van der Waals surface area contributed by atoms with Gasteiger partial charge in [0.05, 0.1) is 11.7 Å². The van der Waals surface area contributed by atoms with Crippen LogP contribution in [0.3, 0.4) is 0 Å². The van der Waals surface area contributed by atoms with Crippen LogP contribution in [-0.2, 0) is 4.74 Å². The molecule has 0 aromatic heterocycles. The van der Waals surface area contributed by atoms with Gasteiger partial charge in [-0.05, 0) is 44.9 Å². The van der Waals surface area contributed by atoms with Crippen LogP contribution in [-0.4, -0.2) is 24.2 Å². The molecule has 1 N–H and O–H groups in total. The van der Waals surface area contributed by atoms with Gasteiger partial charge in [0.25, 0.3) is 5.91 Å². The minimum atomic E-state index is -0.0513. The second-order valence-corrected chi connectivity index (χ2v) is 6.17. The topological polar surface area (TPSA) is 38.3 Å². The third-order valence-electron chi connectivity index (χ3n) is 3.13. The van der Waals surface area contributed by atoms with Crippen LogP contribution >= 0.6 is 15.9 Å². The van der Waals surface area contributed by atoms with Gasteiger partial charge in [0.2, 0.25) is 0 Å². The van der Waals surface area contributed by atoms with Crippen molar-refractivity contribution in [1.82, 2.24) is 5.32 Å². The molecule has 0 bridgehead atoms. The summed E-state index contributed by atoms with van der Waals surface area (Å²) < 4.78 is 6.75. The van der Waals surface area contributed by atoms with Crippen LogP contribution < -0.4 is 5.32 Å². The molecule has 4 heteroatoms. The Balaban J connectivity index is 1.86. The summed E-state index contributed by atoms with van der Waals surface area (Å²) in [4.78, 5) is 11.9. The monoisotopic (exact) mass is 311 g/mol. The first-order valence-corrected chi connectivity index (χ1v) is 6.97. The minimum Gasteiger partial charge on any atom is -0.371 e. The van der Waals surface area contributed by atoms with Gasteiger partial charge in [-0.15, -0.1) is 0 Å². The zero-order valence-corrected chi connectivity index (χ0v) is 12.3. The van der Waals surface area contributed by atoms with Crippen molar-refractivity contribution in [2.24, 2.45) is 0 Å². The molecule has 3 nitrogen and oxygen atoms in total. The van der Waals surface area contributed by atoms with Crippen molar-refractivity contribution in [2.75, 3.05) is 6.54 Å². The van der Waals surface area contributed by atoms with Gasteiger partial charge in [-0.25, -0.2) is 0 Å². The summed E-state index contributed by atoms with van der Waals surface area (Å²) in [6.07, 6.45) is 2.19. The van der Waals surface area contributed by atoms with E-state index in [9.17, 15) is 4.79 Å². The molecule has 0 aliphatic carbocycles. The number of halogens is 1. The Morgan fingerprint density at radius 2 is 2.33 bits per heavy atom. The Hall–Kier alpha value is -0.870. The standard InChI is InChI=1S/C14H18BrNO2/c1-14(2)7-6-12(18-14)9-16-13(17)10-4-3-5-11(15)8-10/h3-5,8,12H,6-7,9H2,1-2H3,(H,16,17)/t12-/m1/s1. The summed E-state index contributed by atoms with van der Waals surface area (Å²) in [6, 6.07) is 7.38. The average Bonchev–Trinajstić information content (AvgIpc) is 2.66. The molecular formula is C14H18BrNO2. The highest BCUT2D eigenvalue weighted by molar-refractivity contribution is 9.10. The van der Waals surface area contributed by atoms with E-state index in [-0.39, 0.29) is 17.6 Å². The number of ether oxygens (including phenoxy) is 1. The molecule has 1 aliphatic heterocycles. The van der Waals surface area contributed by atoms with E-state index in [2.05, 4.69) is 35.1 Å².